The number of hydrogen-bond donors (Lipinski definition) is 2. The number of ether oxygens (including phenoxy) is 1. The summed E-state index contributed by atoms with van der Waals surface area (Å²) in [6, 6.07) is 15.1. The van der Waals surface area contributed by atoms with Crippen LogP contribution in [0.2, 0.25) is 0 Å². The summed E-state index contributed by atoms with van der Waals surface area (Å²) in [5, 5.41) is 12.1. The van der Waals surface area contributed by atoms with Crippen LogP contribution in [0.3, 0.4) is 0 Å². The lowest BCUT2D eigenvalue weighted by Gasteiger charge is -2.26. The number of anilines is 2. The molecule has 4 aromatic rings. The van der Waals surface area contributed by atoms with Gasteiger partial charge in [-0.25, -0.2) is 18.9 Å². The lowest BCUT2D eigenvalue weighted by Crippen LogP contribution is -2.37. The van der Waals surface area contributed by atoms with Crippen molar-refractivity contribution in [3.8, 4) is 22.5 Å². The Bertz CT molecular complexity index is 1360. The van der Waals surface area contributed by atoms with E-state index in [1.54, 1.807) is 18.3 Å². The van der Waals surface area contributed by atoms with Crippen molar-refractivity contribution in [2.24, 2.45) is 0 Å². The minimum absolute atomic E-state index is 0.270. The summed E-state index contributed by atoms with van der Waals surface area (Å²) < 4.78 is 21.2. The third-order valence-corrected chi connectivity index (χ3v) is 7.43. The second kappa shape index (κ2) is 11.4. The molecule has 38 heavy (non-hydrogen) atoms. The predicted octanol–water partition coefficient (Wildman–Crippen LogP) is 5.09. The van der Waals surface area contributed by atoms with Crippen molar-refractivity contribution in [3.05, 3.63) is 60.5 Å². The molecule has 1 saturated carbocycles. The highest BCUT2D eigenvalue weighted by molar-refractivity contribution is 5.91. The molecule has 1 aromatic carbocycles. The molecule has 2 N–H and O–H groups in total. The molecular formula is C29H34FN7O. The average Bonchev–Trinajstić information content (AvgIpc) is 3.61. The largest absolute Gasteiger partial charge is 0.379 e. The lowest BCUT2D eigenvalue weighted by atomic mass is 10.0. The molecule has 0 radical (unpaired) electrons. The topological polar surface area (TPSA) is 79.6 Å². The zero-order valence-electron chi connectivity index (χ0n) is 21.6. The number of aromatic nitrogens is 4. The molecule has 2 aliphatic rings. The molecule has 0 spiro atoms. The van der Waals surface area contributed by atoms with E-state index in [0.29, 0.717) is 12.0 Å². The molecule has 4 heterocycles. The van der Waals surface area contributed by atoms with Gasteiger partial charge in [0.1, 0.15) is 17.3 Å². The van der Waals surface area contributed by atoms with E-state index in [2.05, 4.69) is 38.7 Å². The smallest absolute Gasteiger partial charge is 0.223 e. The van der Waals surface area contributed by atoms with Crippen molar-refractivity contribution < 1.29 is 9.13 Å². The van der Waals surface area contributed by atoms with Crippen LogP contribution >= 0.6 is 0 Å². The Morgan fingerprint density at radius 2 is 1.82 bits per heavy atom. The number of pyridine rings is 1. The van der Waals surface area contributed by atoms with Gasteiger partial charge in [-0.3, -0.25) is 4.90 Å². The van der Waals surface area contributed by atoms with E-state index in [1.807, 2.05) is 10.6 Å². The minimum atomic E-state index is -0.270. The van der Waals surface area contributed by atoms with Crippen LogP contribution in [-0.4, -0.2) is 69.9 Å². The Morgan fingerprint density at radius 3 is 2.63 bits per heavy atom. The first-order valence-corrected chi connectivity index (χ1v) is 13.7. The Kier molecular flexibility index (Phi) is 7.46. The Morgan fingerprint density at radius 1 is 1.00 bits per heavy atom. The number of nitrogens with one attached hydrogen (secondary N) is 2. The number of fused-ring (bicyclic) bond motifs is 1. The molecule has 1 aliphatic carbocycles. The number of benzene rings is 1. The number of morpholine rings is 1. The molecule has 0 unspecified atom stereocenters. The van der Waals surface area contributed by atoms with Gasteiger partial charge in [0.15, 0.2) is 0 Å². The quantitative estimate of drug-likeness (QED) is 0.301. The van der Waals surface area contributed by atoms with Crippen molar-refractivity contribution in [2.75, 3.05) is 50.0 Å². The zero-order chi connectivity index (χ0) is 25.7. The fourth-order valence-corrected chi connectivity index (χ4v) is 5.43. The number of hydrogen-bond acceptors (Lipinski definition) is 7. The van der Waals surface area contributed by atoms with E-state index in [9.17, 15) is 4.39 Å². The van der Waals surface area contributed by atoms with Crippen LogP contribution < -0.4 is 10.6 Å². The maximum Gasteiger partial charge on any atom is 0.223 e. The minimum Gasteiger partial charge on any atom is -0.379 e. The van der Waals surface area contributed by atoms with Crippen LogP contribution in [0.25, 0.3) is 28.0 Å². The van der Waals surface area contributed by atoms with E-state index in [0.717, 1.165) is 79.7 Å². The molecule has 8 nitrogen and oxygen atoms in total. The van der Waals surface area contributed by atoms with Crippen molar-refractivity contribution in [1.82, 2.24) is 24.5 Å². The normalized spacial score (nSPS) is 16.8. The van der Waals surface area contributed by atoms with Crippen LogP contribution in [0.5, 0.6) is 0 Å². The molecule has 2 fully saturated rings. The van der Waals surface area contributed by atoms with Gasteiger partial charge in [-0.15, -0.1) is 0 Å². The third kappa shape index (κ3) is 5.49. The zero-order valence-corrected chi connectivity index (χ0v) is 21.6. The summed E-state index contributed by atoms with van der Waals surface area (Å²) in [7, 11) is 0. The summed E-state index contributed by atoms with van der Waals surface area (Å²) in [6.45, 7) is 5.42. The summed E-state index contributed by atoms with van der Waals surface area (Å²) >= 11 is 0. The van der Waals surface area contributed by atoms with Crippen LogP contribution in [0, 0.1) is 5.82 Å². The molecule has 198 valence electrons. The van der Waals surface area contributed by atoms with Crippen molar-refractivity contribution in [3.63, 3.8) is 0 Å². The van der Waals surface area contributed by atoms with Gasteiger partial charge < -0.3 is 15.4 Å². The highest BCUT2D eigenvalue weighted by atomic mass is 19.1. The van der Waals surface area contributed by atoms with E-state index >= 15 is 0 Å². The highest BCUT2D eigenvalue weighted by Gasteiger charge is 2.21. The van der Waals surface area contributed by atoms with E-state index in [-0.39, 0.29) is 5.82 Å². The van der Waals surface area contributed by atoms with Gasteiger partial charge in [0, 0.05) is 37.4 Å². The van der Waals surface area contributed by atoms with Crippen LogP contribution in [0.15, 0.2) is 54.7 Å². The SMILES string of the molecule is Fc1ccc(-c2nn3c(NC4CCCC4)cccc3c2-c2ccnc(NCCCN3CCOCC3)n2)cc1. The van der Waals surface area contributed by atoms with Crippen molar-refractivity contribution >= 4 is 17.3 Å². The number of halogens is 1. The monoisotopic (exact) mass is 515 g/mol. The van der Waals surface area contributed by atoms with E-state index < -0.39 is 0 Å². The first kappa shape index (κ1) is 24.8. The molecule has 6 rings (SSSR count). The van der Waals surface area contributed by atoms with Crippen LogP contribution in [0.4, 0.5) is 16.2 Å². The predicted molar refractivity (Wildman–Crippen MR) is 148 cm³/mol. The van der Waals surface area contributed by atoms with Crippen LogP contribution in [0.1, 0.15) is 32.1 Å². The average molecular weight is 516 g/mol. The van der Waals surface area contributed by atoms with Gasteiger partial charge >= 0.3 is 0 Å². The molecule has 1 aliphatic heterocycles. The lowest BCUT2D eigenvalue weighted by molar-refractivity contribution is 0.0378. The summed E-state index contributed by atoms with van der Waals surface area (Å²) in [5.74, 6) is 1.28. The first-order valence-electron chi connectivity index (χ1n) is 13.7. The first-order chi connectivity index (χ1) is 18.7. The van der Waals surface area contributed by atoms with Gasteiger partial charge in [0.2, 0.25) is 5.95 Å². The van der Waals surface area contributed by atoms with Gasteiger partial charge in [0.05, 0.1) is 30.0 Å². The molecule has 0 atom stereocenters. The van der Waals surface area contributed by atoms with E-state index in [1.165, 1.54) is 37.8 Å². The molecule has 1 saturated heterocycles. The molecule has 0 bridgehead atoms. The van der Waals surface area contributed by atoms with E-state index in [4.69, 9.17) is 14.8 Å². The van der Waals surface area contributed by atoms with Crippen molar-refractivity contribution in [2.45, 2.75) is 38.1 Å². The van der Waals surface area contributed by atoms with Crippen molar-refractivity contribution in [1.29, 1.82) is 0 Å². The second-order valence-electron chi connectivity index (χ2n) is 10.1. The number of nitrogens with zero attached hydrogens (tertiary/aromatic N) is 5. The maximum atomic E-state index is 13.8. The molecule has 3 aromatic heterocycles. The third-order valence-electron chi connectivity index (χ3n) is 7.43. The summed E-state index contributed by atoms with van der Waals surface area (Å²) in [4.78, 5) is 11.8. The standard InChI is InChI=1S/C29H34FN7O/c30-22-11-9-21(10-12-22)28-27(25-7-3-8-26(37(25)35-28)33-23-5-1-2-6-23)24-13-15-32-29(34-24)31-14-4-16-36-17-19-38-20-18-36/h3,7-13,15,23,33H,1-2,4-6,14,16-20H2,(H,31,32,34). The Labute approximate surface area is 222 Å². The number of rotatable bonds is 9. The van der Waals surface area contributed by atoms with Gasteiger partial charge in [0.25, 0.3) is 0 Å². The molecular weight excluding hydrogens is 481 g/mol. The highest BCUT2D eigenvalue weighted by Crippen LogP contribution is 2.36. The Balaban J connectivity index is 1.30. The Hall–Kier alpha value is -3.56. The molecule has 9 heteroatoms. The van der Waals surface area contributed by atoms with Gasteiger partial charge in [-0.1, -0.05) is 18.9 Å². The fraction of sp³-hybridized carbons (Fsp3) is 0.414. The fourth-order valence-electron chi connectivity index (χ4n) is 5.43. The van der Waals surface area contributed by atoms with Gasteiger partial charge in [-0.2, -0.15) is 5.10 Å². The van der Waals surface area contributed by atoms with Gasteiger partial charge in [-0.05, 0) is 68.3 Å². The maximum absolute atomic E-state index is 13.8. The summed E-state index contributed by atoms with van der Waals surface area (Å²) in [5.41, 5.74) is 4.25. The second-order valence-corrected chi connectivity index (χ2v) is 10.1. The summed E-state index contributed by atoms with van der Waals surface area (Å²) in [6.07, 6.45) is 7.63. The van der Waals surface area contributed by atoms with Crippen LogP contribution in [-0.2, 0) is 4.74 Å². The molecule has 0 amide bonds.